The molecule has 0 bridgehead atoms. The predicted octanol–water partition coefficient (Wildman–Crippen LogP) is 4.07. The Balaban J connectivity index is 2.09. The molecule has 0 aliphatic heterocycles. The number of rotatable bonds is 4. The van der Waals surface area contributed by atoms with Gasteiger partial charge in [-0.1, -0.05) is 36.5 Å². The second kappa shape index (κ2) is 6.62. The number of hydrogen-bond donors (Lipinski definition) is 1. The fourth-order valence-electron chi connectivity index (χ4n) is 2.69. The second-order valence-electron chi connectivity index (χ2n) is 5.54. The number of non-ortho nitro benzene ring substituents is 1. The van der Waals surface area contributed by atoms with Crippen molar-refractivity contribution in [3.05, 3.63) is 37.9 Å². The van der Waals surface area contributed by atoms with Gasteiger partial charge < -0.3 is 5.32 Å². The van der Waals surface area contributed by atoms with E-state index in [2.05, 4.69) is 12.2 Å². The van der Waals surface area contributed by atoms with E-state index in [0.29, 0.717) is 18.4 Å². The average Bonchev–Trinajstić information content (AvgIpc) is 2.84. The van der Waals surface area contributed by atoms with Gasteiger partial charge in [0.25, 0.3) is 11.6 Å². The maximum absolute atomic E-state index is 12.2. The summed E-state index contributed by atoms with van der Waals surface area (Å²) in [6, 6.07) is 2.29. The summed E-state index contributed by atoms with van der Waals surface area (Å²) in [5.74, 6) is 0.713. The summed E-state index contributed by atoms with van der Waals surface area (Å²) in [5, 5.41) is 13.7. The lowest BCUT2D eigenvalue weighted by atomic mass is 10.1. The van der Waals surface area contributed by atoms with Crippen molar-refractivity contribution in [3.63, 3.8) is 0 Å². The smallest absolute Gasteiger partial charge is 0.271 e. The van der Waals surface area contributed by atoms with E-state index in [0.717, 1.165) is 25.0 Å². The summed E-state index contributed by atoms with van der Waals surface area (Å²) in [4.78, 5) is 22.4. The molecule has 5 nitrogen and oxygen atoms in total. The molecule has 1 N–H and O–H groups in total. The first kappa shape index (κ1) is 16.0. The van der Waals surface area contributed by atoms with Crippen LogP contribution in [0, 0.1) is 22.0 Å². The molecule has 1 aliphatic rings. The second-order valence-corrected chi connectivity index (χ2v) is 6.33. The first-order valence-electron chi connectivity index (χ1n) is 6.80. The molecular weight excluding hydrogens is 315 g/mol. The molecule has 2 atom stereocenters. The van der Waals surface area contributed by atoms with Gasteiger partial charge in [-0.15, -0.1) is 0 Å². The third-order valence-corrected chi connectivity index (χ3v) is 4.63. The maximum atomic E-state index is 12.2. The van der Waals surface area contributed by atoms with Crippen molar-refractivity contribution in [2.24, 2.45) is 11.8 Å². The quantitative estimate of drug-likeness (QED) is 0.668. The zero-order valence-electron chi connectivity index (χ0n) is 11.6. The molecule has 1 saturated carbocycles. The molecule has 1 aliphatic carbocycles. The summed E-state index contributed by atoms with van der Waals surface area (Å²) < 4.78 is 0. The molecule has 1 aromatic carbocycles. The monoisotopic (exact) mass is 330 g/mol. The van der Waals surface area contributed by atoms with E-state index in [4.69, 9.17) is 23.2 Å². The molecule has 0 radical (unpaired) electrons. The summed E-state index contributed by atoms with van der Waals surface area (Å²) in [5.41, 5.74) is -0.203. The van der Waals surface area contributed by atoms with E-state index in [1.807, 2.05) is 0 Å². The first-order valence-corrected chi connectivity index (χ1v) is 7.55. The van der Waals surface area contributed by atoms with Crippen molar-refractivity contribution in [1.82, 2.24) is 5.32 Å². The SMILES string of the molecule is CC1CCC(CNC(=O)c2cc([N+](=O)[O-])cc(Cl)c2Cl)C1. The minimum absolute atomic E-state index is 0.00510. The number of nitrogens with zero attached hydrogens (tertiary/aromatic N) is 1. The number of carbonyl (C=O) groups excluding carboxylic acids is 1. The van der Waals surface area contributed by atoms with Gasteiger partial charge in [0.1, 0.15) is 0 Å². The number of nitro benzene ring substituents is 1. The van der Waals surface area contributed by atoms with Gasteiger partial charge >= 0.3 is 0 Å². The number of nitro groups is 1. The lowest BCUT2D eigenvalue weighted by Gasteiger charge is -2.12. The van der Waals surface area contributed by atoms with Gasteiger partial charge in [-0.3, -0.25) is 14.9 Å². The zero-order chi connectivity index (χ0) is 15.6. The molecular formula is C14H16Cl2N2O3. The Morgan fingerprint density at radius 3 is 2.71 bits per heavy atom. The van der Waals surface area contributed by atoms with Crippen LogP contribution in [0.2, 0.25) is 10.0 Å². The molecule has 114 valence electrons. The molecule has 1 aromatic rings. The van der Waals surface area contributed by atoms with E-state index in [1.54, 1.807) is 0 Å². The van der Waals surface area contributed by atoms with Gasteiger partial charge in [0.05, 0.1) is 20.5 Å². The summed E-state index contributed by atoms with van der Waals surface area (Å²) in [6.45, 7) is 2.75. The Kier molecular flexibility index (Phi) is 5.06. The number of hydrogen-bond acceptors (Lipinski definition) is 3. The Hall–Kier alpha value is -1.33. The molecule has 0 heterocycles. The summed E-state index contributed by atoms with van der Waals surface area (Å²) in [6.07, 6.45) is 3.35. The van der Waals surface area contributed by atoms with Crippen LogP contribution in [0.25, 0.3) is 0 Å². The van der Waals surface area contributed by atoms with Crippen molar-refractivity contribution < 1.29 is 9.72 Å². The normalized spacial score (nSPS) is 21.3. The Morgan fingerprint density at radius 2 is 2.14 bits per heavy atom. The van der Waals surface area contributed by atoms with Crippen molar-refractivity contribution in [3.8, 4) is 0 Å². The van der Waals surface area contributed by atoms with Gasteiger partial charge in [0.2, 0.25) is 0 Å². The zero-order valence-corrected chi connectivity index (χ0v) is 13.1. The minimum atomic E-state index is -0.600. The minimum Gasteiger partial charge on any atom is -0.352 e. The highest BCUT2D eigenvalue weighted by molar-refractivity contribution is 6.44. The van der Waals surface area contributed by atoms with Gasteiger partial charge in [-0.2, -0.15) is 0 Å². The number of amides is 1. The highest BCUT2D eigenvalue weighted by Gasteiger charge is 2.23. The van der Waals surface area contributed by atoms with Crippen LogP contribution >= 0.6 is 23.2 Å². The van der Waals surface area contributed by atoms with Crippen molar-refractivity contribution in [1.29, 1.82) is 0 Å². The Bertz CT molecular complexity index is 578. The molecule has 7 heteroatoms. The molecule has 1 fully saturated rings. The van der Waals surface area contributed by atoms with Crippen LogP contribution in [0.1, 0.15) is 36.5 Å². The molecule has 21 heavy (non-hydrogen) atoms. The third-order valence-electron chi connectivity index (χ3n) is 3.82. The van der Waals surface area contributed by atoms with Crippen LogP contribution in [0.3, 0.4) is 0 Å². The van der Waals surface area contributed by atoms with Crippen LogP contribution in [0.4, 0.5) is 5.69 Å². The summed E-state index contributed by atoms with van der Waals surface area (Å²) >= 11 is 11.8. The topological polar surface area (TPSA) is 72.2 Å². The molecule has 0 saturated heterocycles. The van der Waals surface area contributed by atoms with E-state index >= 15 is 0 Å². The average molecular weight is 331 g/mol. The van der Waals surface area contributed by atoms with Crippen LogP contribution < -0.4 is 5.32 Å². The van der Waals surface area contributed by atoms with Gasteiger partial charge in [-0.25, -0.2) is 0 Å². The molecule has 2 unspecified atom stereocenters. The standard InChI is InChI=1S/C14H16Cl2N2O3/c1-8-2-3-9(4-8)7-17-14(19)11-5-10(18(20)21)6-12(15)13(11)16/h5-6,8-9H,2-4,7H2,1H3,(H,17,19). The lowest BCUT2D eigenvalue weighted by Crippen LogP contribution is -2.28. The third kappa shape index (κ3) is 3.86. The van der Waals surface area contributed by atoms with Crippen LogP contribution in [-0.4, -0.2) is 17.4 Å². The fourth-order valence-corrected chi connectivity index (χ4v) is 3.10. The highest BCUT2D eigenvalue weighted by atomic mass is 35.5. The maximum Gasteiger partial charge on any atom is 0.271 e. The fraction of sp³-hybridized carbons (Fsp3) is 0.500. The highest BCUT2D eigenvalue weighted by Crippen LogP contribution is 2.32. The van der Waals surface area contributed by atoms with Gasteiger partial charge in [-0.05, 0) is 24.7 Å². The van der Waals surface area contributed by atoms with Crippen molar-refractivity contribution in [2.45, 2.75) is 26.2 Å². The molecule has 0 aromatic heterocycles. The number of carbonyl (C=O) groups is 1. The Morgan fingerprint density at radius 1 is 1.43 bits per heavy atom. The van der Waals surface area contributed by atoms with Crippen LogP contribution in [0.5, 0.6) is 0 Å². The molecule has 2 rings (SSSR count). The number of nitrogens with one attached hydrogen (secondary N) is 1. The van der Waals surface area contributed by atoms with Gasteiger partial charge in [0, 0.05) is 18.7 Å². The van der Waals surface area contributed by atoms with Crippen molar-refractivity contribution >= 4 is 34.8 Å². The predicted molar refractivity (Wildman–Crippen MR) is 82.0 cm³/mol. The van der Waals surface area contributed by atoms with Crippen molar-refractivity contribution in [2.75, 3.05) is 6.54 Å². The number of halogens is 2. The van der Waals surface area contributed by atoms with E-state index in [1.165, 1.54) is 6.42 Å². The summed E-state index contributed by atoms with van der Waals surface area (Å²) in [7, 11) is 0. The largest absolute Gasteiger partial charge is 0.352 e. The van der Waals surface area contributed by atoms with Crippen LogP contribution in [0.15, 0.2) is 12.1 Å². The first-order chi connectivity index (χ1) is 9.88. The lowest BCUT2D eigenvalue weighted by molar-refractivity contribution is -0.384. The molecule has 0 spiro atoms. The van der Waals surface area contributed by atoms with E-state index in [-0.39, 0.29) is 21.3 Å². The van der Waals surface area contributed by atoms with E-state index < -0.39 is 10.8 Å². The van der Waals surface area contributed by atoms with Gasteiger partial charge in [0.15, 0.2) is 0 Å². The number of benzene rings is 1. The van der Waals surface area contributed by atoms with E-state index in [9.17, 15) is 14.9 Å². The van der Waals surface area contributed by atoms with Crippen LogP contribution in [-0.2, 0) is 0 Å². The Labute approximate surface area is 132 Å². The molecule has 1 amide bonds.